The molecule has 0 bridgehead atoms. The Hall–Kier alpha value is -2.25. The van der Waals surface area contributed by atoms with Crippen molar-refractivity contribution in [1.82, 2.24) is 9.29 Å². The highest BCUT2D eigenvalue weighted by Gasteiger charge is 2.26. The van der Waals surface area contributed by atoms with Crippen molar-refractivity contribution < 1.29 is 13.2 Å². The van der Waals surface area contributed by atoms with Gasteiger partial charge in [0, 0.05) is 31.4 Å². The zero-order chi connectivity index (χ0) is 17.9. The monoisotopic (exact) mass is 359 g/mol. The van der Waals surface area contributed by atoms with Gasteiger partial charge in [0.05, 0.1) is 18.5 Å². The van der Waals surface area contributed by atoms with Crippen molar-refractivity contribution >= 4 is 21.6 Å². The standard InChI is InChI=1S/C18H21N3O3S/c1-25(23,24)20(14-16-7-4-5-11-19-16)12-10-18(22)21-13-9-15-6-2-3-8-17(15)21/h2-8,11H,9-10,12-14H2,1H3. The molecule has 0 unspecified atom stereocenters. The smallest absolute Gasteiger partial charge is 0.228 e. The zero-order valence-corrected chi connectivity index (χ0v) is 14.9. The van der Waals surface area contributed by atoms with Crippen molar-refractivity contribution in [3.05, 3.63) is 59.9 Å². The number of carbonyl (C=O) groups excluding carboxylic acids is 1. The molecule has 0 N–H and O–H groups in total. The molecule has 2 heterocycles. The number of aromatic nitrogens is 1. The van der Waals surface area contributed by atoms with Crippen LogP contribution in [0.2, 0.25) is 0 Å². The van der Waals surface area contributed by atoms with E-state index in [9.17, 15) is 13.2 Å². The summed E-state index contributed by atoms with van der Waals surface area (Å²) in [7, 11) is -3.42. The molecule has 0 saturated carbocycles. The van der Waals surface area contributed by atoms with Gasteiger partial charge in [0.2, 0.25) is 15.9 Å². The molecule has 1 aliphatic rings. The summed E-state index contributed by atoms with van der Waals surface area (Å²) in [5.41, 5.74) is 2.75. The molecule has 132 valence electrons. The maximum absolute atomic E-state index is 12.6. The third-order valence-corrected chi connectivity index (χ3v) is 5.55. The number of hydrogen-bond acceptors (Lipinski definition) is 4. The van der Waals surface area contributed by atoms with E-state index in [1.807, 2.05) is 30.3 Å². The summed E-state index contributed by atoms with van der Waals surface area (Å²) in [5.74, 6) is -0.0559. The Kier molecular flexibility index (Phi) is 5.15. The van der Waals surface area contributed by atoms with Crippen molar-refractivity contribution in [3.63, 3.8) is 0 Å². The number of nitrogens with zero attached hydrogens (tertiary/aromatic N) is 3. The molecular formula is C18H21N3O3S. The molecule has 0 fully saturated rings. The van der Waals surface area contributed by atoms with Crippen molar-refractivity contribution in [2.24, 2.45) is 0 Å². The Morgan fingerprint density at radius 1 is 1.20 bits per heavy atom. The second-order valence-electron chi connectivity index (χ2n) is 6.09. The minimum atomic E-state index is -3.42. The van der Waals surface area contributed by atoms with Gasteiger partial charge in [-0.2, -0.15) is 4.31 Å². The Morgan fingerprint density at radius 3 is 2.68 bits per heavy atom. The molecule has 1 aromatic heterocycles. The number of anilines is 1. The molecule has 2 aromatic rings. The van der Waals surface area contributed by atoms with E-state index in [0.29, 0.717) is 12.2 Å². The van der Waals surface area contributed by atoms with Crippen LogP contribution < -0.4 is 4.90 Å². The van der Waals surface area contributed by atoms with Gasteiger partial charge in [0.1, 0.15) is 0 Å². The first-order valence-corrected chi connectivity index (χ1v) is 10.0. The van der Waals surface area contributed by atoms with Crippen LogP contribution in [0.15, 0.2) is 48.7 Å². The van der Waals surface area contributed by atoms with Crippen molar-refractivity contribution in [1.29, 1.82) is 0 Å². The topological polar surface area (TPSA) is 70.6 Å². The van der Waals surface area contributed by atoms with Crippen LogP contribution in [0.3, 0.4) is 0 Å². The van der Waals surface area contributed by atoms with E-state index >= 15 is 0 Å². The highest BCUT2D eigenvalue weighted by atomic mass is 32.2. The number of pyridine rings is 1. The lowest BCUT2D eigenvalue weighted by atomic mass is 10.2. The maximum Gasteiger partial charge on any atom is 0.228 e. The predicted octanol–water partition coefficient (Wildman–Crippen LogP) is 1.82. The molecule has 1 aliphatic heterocycles. The second-order valence-corrected chi connectivity index (χ2v) is 8.07. The van der Waals surface area contributed by atoms with Gasteiger partial charge in [-0.05, 0) is 30.2 Å². The van der Waals surface area contributed by atoms with Crippen molar-refractivity contribution in [2.75, 3.05) is 24.2 Å². The quantitative estimate of drug-likeness (QED) is 0.789. The Morgan fingerprint density at radius 2 is 1.96 bits per heavy atom. The summed E-state index contributed by atoms with van der Waals surface area (Å²) >= 11 is 0. The predicted molar refractivity (Wildman–Crippen MR) is 96.6 cm³/mol. The molecular weight excluding hydrogens is 338 g/mol. The van der Waals surface area contributed by atoms with Crippen LogP contribution in [-0.2, 0) is 27.8 Å². The van der Waals surface area contributed by atoms with Crippen LogP contribution in [-0.4, -0.2) is 43.0 Å². The van der Waals surface area contributed by atoms with Gasteiger partial charge in [-0.3, -0.25) is 9.78 Å². The molecule has 0 radical (unpaired) electrons. The SMILES string of the molecule is CS(=O)(=O)N(CCC(=O)N1CCc2ccccc21)Cc1ccccn1. The maximum atomic E-state index is 12.6. The molecule has 0 aliphatic carbocycles. The number of rotatable bonds is 6. The number of para-hydroxylation sites is 1. The molecule has 6 nitrogen and oxygen atoms in total. The van der Waals surface area contributed by atoms with Gasteiger partial charge in [-0.1, -0.05) is 24.3 Å². The summed E-state index contributed by atoms with van der Waals surface area (Å²) in [6.45, 7) is 0.966. The summed E-state index contributed by atoms with van der Waals surface area (Å²) in [6.07, 6.45) is 3.77. The number of benzene rings is 1. The third kappa shape index (κ3) is 4.24. The zero-order valence-electron chi connectivity index (χ0n) is 14.1. The first-order chi connectivity index (χ1) is 11.9. The Bertz CT molecular complexity index is 853. The van der Waals surface area contributed by atoms with Gasteiger partial charge in [-0.15, -0.1) is 0 Å². The average molecular weight is 359 g/mol. The van der Waals surface area contributed by atoms with Crippen LogP contribution >= 0.6 is 0 Å². The van der Waals surface area contributed by atoms with E-state index in [2.05, 4.69) is 4.98 Å². The fourth-order valence-corrected chi connectivity index (χ4v) is 3.78. The van der Waals surface area contributed by atoms with E-state index in [4.69, 9.17) is 0 Å². The highest BCUT2D eigenvalue weighted by Crippen LogP contribution is 2.28. The van der Waals surface area contributed by atoms with Crippen LogP contribution in [0.5, 0.6) is 0 Å². The Balaban J connectivity index is 1.66. The normalized spacial score (nSPS) is 13.9. The van der Waals surface area contributed by atoms with E-state index in [1.165, 1.54) is 4.31 Å². The van der Waals surface area contributed by atoms with Gasteiger partial charge >= 0.3 is 0 Å². The van der Waals surface area contributed by atoms with Crippen molar-refractivity contribution in [3.8, 4) is 0 Å². The van der Waals surface area contributed by atoms with E-state index in [1.54, 1.807) is 23.2 Å². The number of hydrogen-bond donors (Lipinski definition) is 0. The summed E-state index contributed by atoms with van der Waals surface area (Å²) < 4.78 is 25.4. The molecule has 1 amide bonds. The second kappa shape index (κ2) is 7.33. The molecule has 3 rings (SSSR count). The van der Waals surface area contributed by atoms with Gasteiger partial charge in [0.15, 0.2) is 0 Å². The minimum absolute atomic E-state index is 0.0559. The van der Waals surface area contributed by atoms with Gasteiger partial charge < -0.3 is 4.90 Å². The molecule has 0 spiro atoms. The van der Waals surface area contributed by atoms with E-state index in [-0.39, 0.29) is 25.4 Å². The van der Waals surface area contributed by atoms with Gasteiger partial charge in [0.25, 0.3) is 0 Å². The van der Waals surface area contributed by atoms with Crippen LogP contribution in [0.1, 0.15) is 17.7 Å². The third-order valence-electron chi connectivity index (χ3n) is 4.30. The first kappa shape index (κ1) is 17.6. The van der Waals surface area contributed by atoms with Gasteiger partial charge in [-0.25, -0.2) is 8.42 Å². The fraction of sp³-hybridized carbons (Fsp3) is 0.333. The molecule has 25 heavy (non-hydrogen) atoms. The fourth-order valence-electron chi connectivity index (χ4n) is 2.99. The van der Waals surface area contributed by atoms with E-state index < -0.39 is 10.0 Å². The molecule has 0 atom stereocenters. The Labute approximate surface area is 148 Å². The number of sulfonamides is 1. The average Bonchev–Trinajstić information content (AvgIpc) is 3.02. The molecule has 7 heteroatoms. The minimum Gasteiger partial charge on any atom is -0.312 e. The summed E-state index contributed by atoms with van der Waals surface area (Å²) in [6, 6.07) is 13.2. The summed E-state index contributed by atoms with van der Waals surface area (Å²) in [4.78, 5) is 18.5. The lowest BCUT2D eigenvalue weighted by Crippen LogP contribution is -2.36. The first-order valence-electron chi connectivity index (χ1n) is 8.18. The lowest BCUT2D eigenvalue weighted by Gasteiger charge is -2.22. The molecule has 1 aromatic carbocycles. The number of fused-ring (bicyclic) bond motifs is 1. The van der Waals surface area contributed by atoms with Crippen LogP contribution in [0.25, 0.3) is 0 Å². The number of carbonyl (C=O) groups is 1. The van der Waals surface area contributed by atoms with Crippen LogP contribution in [0.4, 0.5) is 5.69 Å². The van der Waals surface area contributed by atoms with Crippen molar-refractivity contribution in [2.45, 2.75) is 19.4 Å². The largest absolute Gasteiger partial charge is 0.312 e. The number of amides is 1. The lowest BCUT2D eigenvalue weighted by molar-refractivity contribution is -0.118. The van der Waals surface area contributed by atoms with Crippen LogP contribution in [0, 0.1) is 0 Å². The molecule has 0 saturated heterocycles. The summed E-state index contributed by atoms with van der Waals surface area (Å²) in [5, 5.41) is 0. The van der Waals surface area contributed by atoms with E-state index in [0.717, 1.165) is 23.9 Å². The highest BCUT2D eigenvalue weighted by molar-refractivity contribution is 7.88.